The van der Waals surface area contributed by atoms with Gasteiger partial charge in [0.1, 0.15) is 0 Å². The number of hydrogen-bond donors (Lipinski definition) is 0. The summed E-state index contributed by atoms with van der Waals surface area (Å²) in [6.07, 6.45) is 6.53. The van der Waals surface area contributed by atoms with Crippen LogP contribution in [0.3, 0.4) is 0 Å². The number of allylic oxidation sites excluding steroid dienone is 3. The molecule has 0 fully saturated rings. The molecule has 0 nitrogen and oxygen atoms in total. The maximum Gasteiger partial charge on any atom is 0.0394 e. The molecule has 0 saturated heterocycles. The van der Waals surface area contributed by atoms with Gasteiger partial charge in [-0.05, 0) is 15.9 Å². The zero-order valence-electron chi connectivity index (χ0n) is 4.12. The van der Waals surface area contributed by atoms with Gasteiger partial charge in [0, 0.05) is 15.0 Å². The molecule has 0 rings (SSSR count). The molecule has 0 aromatic rings. The molecule has 0 heterocycles. The van der Waals surface area contributed by atoms with Crippen molar-refractivity contribution in [1.29, 1.82) is 0 Å². The fraction of sp³-hybridized carbons (Fsp3) is 0. The van der Waals surface area contributed by atoms with Gasteiger partial charge in [-0.15, -0.1) is 6.42 Å². The molecular formula is C6H4Br2. The van der Waals surface area contributed by atoms with Gasteiger partial charge in [0.2, 0.25) is 0 Å². The highest BCUT2D eigenvalue weighted by molar-refractivity contribution is 9.15. The van der Waals surface area contributed by atoms with E-state index >= 15 is 0 Å². The summed E-state index contributed by atoms with van der Waals surface area (Å²) in [5, 5.41) is 0. The highest BCUT2D eigenvalue weighted by Crippen LogP contribution is 2.19. The number of terminal acetylenes is 1. The van der Waals surface area contributed by atoms with Crippen LogP contribution in [0.2, 0.25) is 0 Å². The lowest BCUT2D eigenvalue weighted by molar-refractivity contribution is 1.95. The summed E-state index contributed by atoms with van der Waals surface area (Å²) in [6.45, 7) is 3.58. The molecular weight excluding hydrogens is 232 g/mol. The molecule has 0 atom stereocenters. The summed E-state index contributed by atoms with van der Waals surface area (Å²) in [5.41, 5.74) is 0. The Bertz CT molecular complexity index is 160. The van der Waals surface area contributed by atoms with Gasteiger partial charge in [-0.2, -0.15) is 0 Å². The molecule has 0 spiro atoms. The Hall–Kier alpha value is -0.000000000000000111. The number of halogens is 2. The summed E-state index contributed by atoms with van der Waals surface area (Å²) in [4.78, 5) is 0. The van der Waals surface area contributed by atoms with Crippen molar-refractivity contribution in [3.05, 3.63) is 21.6 Å². The molecule has 0 unspecified atom stereocenters. The third kappa shape index (κ3) is 3.06. The van der Waals surface area contributed by atoms with Crippen molar-refractivity contribution in [2.75, 3.05) is 0 Å². The van der Waals surface area contributed by atoms with Gasteiger partial charge in [-0.3, -0.25) is 0 Å². The number of hydrogen-bond acceptors (Lipinski definition) is 0. The Morgan fingerprint density at radius 2 is 2.12 bits per heavy atom. The highest BCUT2D eigenvalue weighted by atomic mass is 79.9. The fourth-order valence-electron chi connectivity index (χ4n) is 0.151. The summed E-state index contributed by atoms with van der Waals surface area (Å²) < 4.78 is 1.57. The normalized spacial score (nSPS) is 10.4. The van der Waals surface area contributed by atoms with E-state index in [9.17, 15) is 0 Å². The van der Waals surface area contributed by atoms with Crippen LogP contribution >= 0.6 is 31.9 Å². The Kier molecular flexibility index (Phi) is 3.94. The van der Waals surface area contributed by atoms with E-state index in [0.29, 0.717) is 0 Å². The van der Waals surface area contributed by atoms with E-state index in [1.54, 1.807) is 6.08 Å². The molecule has 0 saturated carbocycles. The molecule has 0 radical (unpaired) electrons. The van der Waals surface area contributed by atoms with Crippen LogP contribution in [0, 0.1) is 12.3 Å². The lowest BCUT2D eigenvalue weighted by atomic mass is 10.5. The minimum Gasteiger partial charge on any atom is -0.115 e. The molecule has 8 heavy (non-hydrogen) atoms. The van der Waals surface area contributed by atoms with Crippen molar-refractivity contribution in [3.63, 3.8) is 0 Å². The van der Waals surface area contributed by atoms with Crippen LogP contribution in [0.5, 0.6) is 0 Å². The first kappa shape index (κ1) is 8.00. The summed E-state index contributed by atoms with van der Waals surface area (Å²) in [6, 6.07) is 0. The van der Waals surface area contributed by atoms with Gasteiger partial charge >= 0.3 is 0 Å². The maximum atomic E-state index is 4.95. The molecule has 0 aromatic heterocycles. The van der Waals surface area contributed by atoms with E-state index in [-0.39, 0.29) is 0 Å². The van der Waals surface area contributed by atoms with Crippen LogP contribution in [0.25, 0.3) is 0 Å². The van der Waals surface area contributed by atoms with Crippen LogP contribution in [-0.4, -0.2) is 0 Å². The molecule has 0 aromatic carbocycles. The quantitative estimate of drug-likeness (QED) is 0.485. The van der Waals surface area contributed by atoms with Gasteiger partial charge in [0.15, 0.2) is 0 Å². The molecule has 42 valence electrons. The van der Waals surface area contributed by atoms with Crippen LogP contribution in [-0.2, 0) is 0 Å². The van der Waals surface area contributed by atoms with Gasteiger partial charge in [-0.25, -0.2) is 0 Å². The summed E-state index contributed by atoms with van der Waals surface area (Å²) in [5.74, 6) is 2.35. The Morgan fingerprint density at radius 1 is 1.62 bits per heavy atom. The summed E-state index contributed by atoms with van der Waals surface area (Å²) in [7, 11) is 0. The minimum atomic E-state index is 0.760. The lowest BCUT2D eigenvalue weighted by Crippen LogP contribution is -1.62. The smallest absolute Gasteiger partial charge is 0.0394 e. The third-order valence-electron chi connectivity index (χ3n) is 0.469. The van der Waals surface area contributed by atoms with Crippen LogP contribution in [0.4, 0.5) is 0 Å². The average Bonchev–Trinajstić information content (AvgIpc) is 1.67. The second-order valence-electron chi connectivity index (χ2n) is 1.06. The molecule has 0 aliphatic heterocycles. The van der Waals surface area contributed by atoms with E-state index in [1.165, 1.54) is 0 Å². The first-order chi connectivity index (χ1) is 3.68. The van der Waals surface area contributed by atoms with Gasteiger partial charge < -0.3 is 0 Å². The van der Waals surface area contributed by atoms with Crippen molar-refractivity contribution >= 4 is 31.9 Å². The second kappa shape index (κ2) is 3.94. The fourth-order valence-corrected chi connectivity index (χ4v) is 0.398. The Balaban J connectivity index is 4.06. The van der Waals surface area contributed by atoms with E-state index in [1.807, 2.05) is 0 Å². The SMILES string of the molecule is C#CC=C(Br)C(=C)Br. The highest BCUT2D eigenvalue weighted by Gasteiger charge is 1.88. The lowest BCUT2D eigenvalue weighted by Gasteiger charge is -1.86. The predicted molar refractivity (Wildman–Crippen MR) is 43.9 cm³/mol. The Morgan fingerprint density at radius 3 is 2.25 bits per heavy atom. The van der Waals surface area contributed by atoms with Gasteiger partial charge in [0.05, 0.1) is 0 Å². The van der Waals surface area contributed by atoms with Gasteiger partial charge in [-0.1, -0.05) is 28.4 Å². The van der Waals surface area contributed by atoms with E-state index in [0.717, 1.165) is 8.96 Å². The molecule has 0 aliphatic carbocycles. The first-order valence-corrected chi connectivity index (χ1v) is 3.43. The van der Waals surface area contributed by atoms with Crippen molar-refractivity contribution in [2.45, 2.75) is 0 Å². The number of rotatable bonds is 1. The third-order valence-corrected chi connectivity index (χ3v) is 2.14. The van der Waals surface area contributed by atoms with Gasteiger partial charge in [0.25, 0.3) is 0 Å². The van der Waals surface area contributed by atoms with Crippen molar-refractivity contribution < 1.29 is 0 Å². The zero-order valence-corrected chi connectivity index (χ0v) is 7.29. The standard InChI is InChI=1S/C6H4Br2/c1-3-4-6(8)5(2)7/h1,4H,2H2. The average molecular weight is 236 g/mol. The molecule has 0 amide bonds. The topological polar surface area (TPSA) is 0 Å². The van der Waals surface area contributed by atoms with Crippen molar-refractivity contribution in [3.8, 4) is 12.3 Å². The van der Waals surface area contributed by atoms with E-state index in [4.69, 9.17) is 6.42 Å². The second-order valence-corrected chi connectivity index (χ2v) is 2.88. The first-order valence-electron chi connectivity index (χ1n) is 1.85. The monoisotopic (exact) mass is 234 g/mol. The van der Waals surface area contributed by atoms with Crippen LogP contribution in [0.1, 0.15) is 0 Å². The molecule has 2 heteroatoms. The zero-order chi connectivity index (χ0) is 6.57. The van der Waals surface area contributed by atoms with E-state index < -0.39 is 0 Å². The molecule has 0 aliphatic rings. The van der Waals surface area contributed by atoms with E-state index in [2.05, 4.69) is 44.4 Å². The van der Waals surface area contributed by atoms with Crippen LogP contribution in [0.15, 0.2) is 21.6 Å². The largest absolute Gasteiger partial charge is 0.115 e. The molecule has 0 N–H and O–H groups in total. The minimum absolute atomic E-state index is 0.760. The Labute approximate surface area is 65.9 Å². The molecule has 0 bridgehead atoms. The summed E-state index contributed by atoms with van der Waals surface area (Å²) >= 11 is 6.31. The van der Waals surface area contributed by atoms with Crippen molar-refractivity contribution in [2.24, 2.45) is 0 Å². The predicted octanol–water partition coefficient (Wildman–Crippen LogP) is 2.81. The van der Waals surface area contributed by atoms with Crippen molar-refractivity contribution in [1.82, 2.24) is 0 Å². The maximum absolute atomic E-state index is 4.95. The van der Waals surface area contributed by atoms with Crippen LogP contribution < -0.4 is 0 Å².